The van der Waals surface area contributed by atoms with Crippen LogP contribution in [0.2, 0.25) is 5.15 Å². The summed E-state index contributed by atoms with van der Waals surface area (Å²) in [5.41, 5.74) is 26.5. The molecule has 17 heteroatoms. The van der Waals surface area contributed by atoms with Crippen LogP contribution < -0.4 is 44.2 Å². The van der Waals surface area contributed by atoms with E-state index in [0.717, 1.165) is 48.8 Å². The van der Waals surface area contributed by atoms with Gasteiger partial charge in [0.2, 0.25) is 11.8 Å². The highest BCUT2D eigenvalue weighted by molar-refractivity contribution is 6.31. The number of nitrogens with zero attached hydrogens (tertiary/aromatic N) is 2. The number of nitrogens with one attached hydrogen (secondary N) is 5. The number of carboxylic acids is 1. The first kappa shape index (κ1) is 43.1. The van der Waals surface area contributed by atoms with Crippen LogP contribution in [0.1, 0.15) is 79.4 Å². The Bertz CT molecular complexity index is 1710. The number of carboxylic acid groups (broad SMARTS) is 1. The quantitative estimate of drug-likeness (QED) is 0.0401. The number of benzene rings is 2. The average Bonchev–Trinajstić information content (AvgIpc) is 3.15. The Morgan fingerprint density at radius 3 is 2.00 bits per heavy atom. The lowest BCUT2D eigenvalue weighted by atomic mass is 9.99. The van der Waals surface area contributed by atoms with Gasteiger partial charge in [-0.2, -0.15) is 0 Å². The molecule has 0 unspecified atom stereocenters. The van der Waals surface area contributed by atoms with E-state index in [4.69, 9.17) is 39.9 Å². The van der Waals surface area contributed by atoms with Crippen LogP contribution in [0, 0.1) is 5.41 Å². The van der Waals surface area contributed by atoms with Crippen LogP contribution in [0.4, 0.5) is 11.6 Å². The van der Waals surface area contributed by atoms with E-state index in [0.29, 0.717) is 45.3 Å². The Kier molecular flexibility index (Phi) is 18.1. The summed E-state index contributed by atoms with van der Waals surface area (Å²) in [5.74, 6) is -2.84. The maximum atomic E-state index is 12.6. The van der Waals surface area contributed by atoms with E-state index >= 15 is 0 Å². The van der Waals surface area contributed by atoms with Crippen molar-refractivity contribution < 1.29 is 24.3 Å². The third kappa shape index (κ3) is 15.0. The molecule has 0 aliphatic rings. The number of aliphatic carboxylic acids is 1. The van der Waals surface area contributed by atoms with E-state index in [2.05, 4.69) is 55.5 Å². The fourth-order valence-corrected chi connectivity index (χ4v) is 5.59. The monoisotopic (exact) mass is 765 g/mol. The molecule has 54 heavy (non-hydrogen) atoms. The van der Waals surface area contributed by atoms with Crippen molar-refractivity contribution in [3.8, 4) is 11.1 Å². The van der Waals surface area contributed by atoms with Crippen molar-refractivity contribution in [2.45, 2.75) is 82.7 Å². The molecular formula is C37H52ClN11O5. The molecule has 2 aromatic carbocycles. The maximum absolute atomic E-state index is 12.6. The highest BCUT2D eigenvalue weighted by atomic mass is 35.5. The number of guanidine groups is 1. The van der Waals surface area contributed by atoms with Crippen LogP contribution in [0.25, 0.3) is 11.1 Å². The molecule has 0 aliphatic heterocycles. The Morgan fingerprint density at radius 2 is 1.37 bits per heavy atom. The number of amides is 3. The van der Waals surface area contributed by atoms with Crippen LogP contribution in [0.15, 0.2) is 48.5 Å². The summed E-state index contributed by atoms with van der Waals surface area (Å²) in [6.07, 6.45) is 6.61. The summed E-state index contributed by atoms with van der Waals surface area (Å²) < 4.78 is 0. The minimum Gasteiger partial charge on any atom is -0.480 e. The van der Waals surface area contributed by atoms with Gasteiger partial charge in [-0.25, -0.2) is 14.8 Å². The number of rotatable bonds is 22. The van der Waals surface area contributed by atoms with Gasteiger partial charge in [-0.1, -0.05) is 66.6 Å². The van der Waals surface area contributed by atoms with Crippen LogP contribution >= 0.6 is 11.6 Å². The smallest absolute Gasteiger partial charge is 0.326 e. The van der Waals surface area contributed by atoms with Gasteiger partial charge in [-0.05, 0) is 86.6 Å². The van der Waals surface area contributed by atoms with Crippen molar-refractivity contribution in [1.29, 1.82) is 5.41 Å². The number of nitrogens with two attached hydrogens (primary N) is 4. The number of carbonyl (C=O) groups is 4. The summed E-state index contributed by atoms with van der Waals surface area (Å²) in [4.78, 5) is 56.3. The van der Waals surface area contributed by atoms with Crippen LogP contribution in [-0.4, -0.2) is 76.4 Å². The van der Waals surface area contributed by atoms with Crippen LogP contribution in [-0.2, 0) is 27.2 Å². The summed E-state index contributed by atoms with van der Waals surface area (Å²) in [6, 6.07) is 14.6. The second kappa shape index (κ2) is 22.7. The Hall–Kier alpha value is -5.32. The number of carbonyl (C=O) groups excluding carboxylic acids is 3. The molecule has 2 atom stereocenters. The largest absolute Gasteiger partial charge is 0.480 e. The van der Waals surface area contributed by atoms with Crippen molar-refractivity contribution >= 4 is 52.9 Å². The maximum Gasteiger partial charge on any atom is 0.326 e. The first-order valence-electron chi connectivity index (χ1n) is 18.0. The standard InChI is InChI=1S/C37H52ClN11O5/c38-31-33(42)48-32(41)30(47-31)35(52)49-37(43)45-22-5-2-7-23-10-15-25(16-11-23)26-17-12-24(13-18-26)14-19-29(50)46-28(36(53)54)9-3-6-21-44-34(51)27(40)8-1-4-20-39/h10-13,15-18,27-28H,1-9,14,19-22,39-40H2,(H,44,51)(H,46,50)(H,53,54)(H4,41,42,48)(H3,43,45,49,52)/t27-,28-/m0/s1. The molecule has 1 aromatic heterocycles. The number of hydrogen-bond donors (Lipinski definition) is 10. The molecule has 1 heterocycles. The number of halogens is 1. The lowest BCUT2D eigenvalue weighted by molar-refractivity contribution is -0.142. The number of unbranched alkanes of at least 4 members (excludes halogenated alkanes) is 3. The van der Waals surface area contributed by atoms with Gasteiger partial charge < -0.3 is 44.0 Å². The highest BCUT2D eigenvalue weighted by Gasteiger charge is 2.20. The Morgan fingerprint density at radius 1 is 0.778 bits per heavy atom. The fraction of sp³-hybridized carbons (Fsp3) is 0.432. The number of aryl methyl sites for hydroxylation is 2. The molecule has 3 rings (SSSR count). The van der Waals surface area contributed by atoms with Gasteiger partial charge in [-0.15, -0.1) is 0 Å². The molecule has 0 aliphatic carbocycles. The molecule has 292 valence electrons. The lowest BCUT2D eigenvalue weighted by Crippen LogP contribution is -2.42. The number of aromatic nitrogens is 2. The van der Waals surface area contributed by atoms with Crippen LogP contribution in [0.3, 0.4) is 0 Å². The molecular weight excluding hydrogens is 714 g/mol. The Labute approximate surface area is 320 Å². The van der Waals surface area contributed by atoms with E-state index in [1.807, 2.05) is 24.3 Å². The van der Waals surface area contributed by atoms with Gasteiger partial charge in [0, 0.05) is 19.5 Å². The molecule has 0 fully saturated rings. The molecule has 14 N–H and O–H groups in total. The van der Waals surface area contributed by atoms with Gasteiger partial charge in [0.05, 0.1) is 6.04 Å². The zero-order valence-corrected chi connectivity index (χ0v) is 31.1. The summed E-state index contributed by atoms with van der Waals surface area (Å²) in [6.45, 7) is 1.43. The minimum absolute atomic E-state index is 0.0869. The van der Waals surface area contributed by atoms with Crippen molar-refractivity contribution in [3.63, 3.8) is 0 Å². The zero-order chi connectivity index (χ0) is 39.5. The van der Waals surface area contributed by atoms with Crippen molar-refractivity contribution in [3.05, 3.63) is 70.5 Å². The van der Waals surface area contributed by atoms with E-state index in [1.54, 1.807) is 0 Å². The second-order valence-electron chi connectivity index (χ2n) is 12.9. The van der Waals surface area contributed by atoms with E-state index in [9.17, 15) is 24.3 Å². The van der Waals surface area contributed by atoms with Gasteiger partial charge in [0.25, 0.3) is 5.91 Å². The summed E-state index contributed by atoms with van der Waals surface area (Å²) in [7, 11) is 0. The molecule has 3 amide bonds. The molecule has 0 saturated carbocycles. The molecule has 0 radical (unpaired) electrons. The summed E-state index contributed by atoms with van der Waals surface area (Å²) >= 11 is 5.81. The van der Waals surface area contributed by atoms with Gasteiger partial charge >= 0.3 is 5.97 Å². The van der Waals surface area contributed by atoms with Crippen molar-refractivity contribution in [2.24, 2.45) is 11.5 Å². The highest BCUT2D eigenvalue weighted by Crippen LogP contribution is 2.22. The first-order chi connectivity index (χ1) is 25.9. The zero-order valence-electron chi connectivity index (χ0n) is 30.3. The average molecular weight is 766 g/mol. The van der Waals surface area contributed by atoms with E-state index < -0.39 is 24.0 Å². The normalized spacial score (nSPS) is 12.0. The number of hydrogen-bond acceptors (Lipinski definition) is 11. The minimum atomic E-state index is -1.09. The van der Waals surface area contributed by atoms with Gasteiger partial charge in [-0.3, -0.25) is 25.1 Å². The van der Waals surface area contributed by atoms with Crippen LogP contribution in [0.5, 0.6) is 0 Å². The predicted octanol–water partition coefficient (Wildman–Crippen LogP) is 2.48. The van der Waals surface area contributed by atoms with Gasteiger partial charge in [0.1, 0.15) is 6.04 Å². The van der Waals surface area contributed by atoms with E-state index in [-0.39, 0.29) is 53.1 Å². The molecule has 0 saturated heterocycles. The van der Waals surface area contributed by atoms with Crippen molar-refractivity contribution in [2.75, 3.05) is 31.1 Å². The summed E-state index contributed by atoms with van der Waals surface area (Å²) in [5, 5.41) is 28.0. The fourth-order valence-electron chi connectivity index (χ4n) is 5.46. The SMILES string of the molecule is N=C(NCCCCc1ccc(-c2ccc(CCC(=O)N[C@@H](CCCCNC(=O)[C@@H](N)CCCCN)C(=O)O)cc2)cc1)NC(=O)c1nc(Cl)c(N)nc1N. The molecule has 0 bridgehead atoms. The number of nitrogen functional groups attached to an aromatic ring is 2. The first-order valence-corrected chi connectivity index (χ1v) is 18.4. The predicted molar refractivity (Wildman–Crippen MR) is 210 cm³/mol. The lowest BCUT2D eigenvalue weighted by Gasteiger charge is -2.15. The van der Waals surface area contributed by atoms with Crippen molar-refractivity contribution in [1.82, 2.24) is 31.2 Å². The Balaban J connectivity index is 1.32. The third-order valence-corrected chi connectivity index (χ3v) is 8.87. The topological polar surface area (TPSA) is 290 Å². The second-order valence-corrected chi connectivity index (χ2v) is 13.2. The molecule has 16 nitrogen and oxygen atoms in total. The van der Waals surface area contributed by atoms with E-state index in [1.165, 1.54) is 5.56 Å². The molecule has 0 spiro atoms. The van der Waals surface area contributed by atoms with Gasteiger partial charge in [0.15, 0.2) is 28.4 Å². The third-order valence-electron chi connectivity index (χ3n) is 8.59. The number of anilines is 2. The molecule has 3 aromatic rings.